The second kappa shape index (κ2) is 5.66. The van der Waals surface area contributed by atoms with Crippen molar-refractivity contribution in [2.24, 2.45) is 17.8 Å². The van der Waals surface area contributed by atoms with Crippen LogP contribution in [0.4, 0.5) is 0 Å². The van der Waals surface area contributed by atoms with Crippen molar-refractivity contribution in [3.05, 3.63) is 29.8 Å². The number of aldehydes is 1. The minimum atomic E-state index is -3.49. The van der Waals surface area contributed by atoms with E-state index in [1.54, 1.807) is 24.3 Å². The van der Waals surface area contributed by atoms with Crippen LogP contribution in [0, 0.1) is 24.7 Å². The van der Waals surface area contributed by atoms with Crippen LogP contribution in [0.5, 0.6) is 0 Å². The predicted molar refractivity (Wildman–Crippen MR) is 77.8 cm³/mol. The van der Waals surface area contributed by atoms with Gasteiger partial charge in [0.15, 0.2) is 0 Å². The summed E-state index contributed by atoms with van der Waals surface area (Å²) in [6.07, 6.45) is 0.898. The second-order valence-electron chi connectivity index (χ2n) is 5.84. The molecule has 1 saturated heterocycles. The highest BCUT2D eigenvalue weighted by atomic mass is 32.2. The molecule has 1 aromatic carbocycles. The van der Waals surface area contributed by atoms with Crippen molar-refractivity contribution in [2.75, 3.05) is 13.1 Å². The van der Waals surface area contributed by atoms with E-state index >= 15 is 0 Å². The fourth-order valence-electron chi connectivity index (χ4n) is 2.72. The molecule has 0 radical (unpaired) electrons. The van der Waals surface area contributed by atoms with E-state index in [0.29, 0.717) is 23.9 Å². The summed E-state index contributed by atoms with van der Waals surface area (Å²) >= 11 is 0. The van der Waals surface area contributed by atoms with Gasteiger partial charge in [0.25, 0.3) is 0 Å². The average Bonchev–Trinajstić information content (AvgIpc) is 2.84. The Balaban J connectivity index is 2.27. The molecule has 0 bridgehead atoms. The Morgan fingerprint density at radius 1 is 1.20 bits per heavy atom. The van der Waals surface area contributed by atoms with Gasteiger partial charge in [-0.3, -0.25) is 0 Å². The third-order valence-corrected chi connectivity index (χ3v) is 5.91. The largest absolute Gasteiger partial charge is 0.303 e. The zero-order chi connectivity index (χ0) is 14.9. The minimum Gasteiger partial charge on any atom is -0.303 e. The summed E-state index contributed by atoms with van der Waals surface area (Å²) in [5, 5.41) is 0. The number of carbonyl (C=O) groups excluding carboxylic acids is 1. The predicted octanol–water partition coefficient (Wildman–Crippen LogP) is 2.09. The summed E-state index contributed by atoms with van der Waals surface area (Å²) in [4.78, 5) is 11.5. The molecule has 4 nitrogen and oxygen atoms in total. The van der Waals surface area contributed by atoms with Crippen molar-refractivity contribution in [3.63, 3.8) is 0 Å². The fourth-order valence-corrected chi connectivity index (χ4v) is 4.24. The van der Waals surface area contributed by atoms with Gasteiger partial charge in [-0.1, -0.05) is 31.5 Å². The second-order valence-corrected chi connectivity index (χ2v) is 7.78. The van der Waals surface area contributed by atoms with Gasteiger partial charge in [0.2, 0.25) is 10.0 Å². The Hall–Kier alpha value is -1.20. The lowest BCUT2D eigenvalue weighted by Gasteiger charge is -2.18. The lowest BCUT2D eigenvalue weighted by molar-refractivity contribution is -0.112. The van der Waals surface area contributed by atoms with E-state index in [2.05, 4.69) is 0 Å². The molecule has 1 aliphatic heterocycles. The number of nitrogens with zero attached hydrogens (tertiary/aromatic N) is 1. The van der Waals surface area contributed by atoms with Crippen molar-refractivity contribution in [2.45, 2.75) is 25.7 Å². The summed E-state index contributed by atoms with van der Waals surface area (Å²) in [6, 6.07) is 6.84. The van der Waals surface area contributed by atoms with Crippen LogP contribution >= 0.6 is 0 Å². The van der Waals surface area contributed by atoms with Gasteiger partial charge in [-0.15, -0.1) is 0 Å². The van der Waals surface area contributed by atoms with Crippen LogP contribution in [-0.2, 0) is 14.8 Å². The number of aryl methyl sites for hydroxylation is 1. The van der Waals surface area contributed by atoms with Gasteiger partial charge in [-0.05, 0) is 30.9 Å². The zero-order valence-corrected chi connectivity index (χ0v) is 12.9. The first-order valence-electron chi connectivity index (χ1n) is 6.88. The number of rotatable bonds is 4. The Bertz CT molecular complexity index is 578. The van der Waals surface area contributed by atoms with Crippen molar-refractivity contribution in [1.29, 1.82) is 0 Å². The number of sulfonamides is 1. The molecule has 2 rings (SSSR count). The van der Waals surface area contributed by atoms with Gasteiger partial charge < -0.3 is 4.79 Å². The molecule has 1 fully saturated rings. The molecule has 0 aliphatic carbocycles. The molecule has 1 heterocycles. The van der Waals surface area contributed by atoms with Crippen molar-refractivity contribution in [1.82, 2.24) is 4.31 Å². The Kier molecular flexibility index (Phi) is 4.30. The van der Waals surface area contributed by atoms with Crippen LogP contribution < -0.4 is 0 Å². The molecule has 5 heteroatoms. The van der Waals surface area contributed by atoms with Gasteiger partial charge in [-0.2, -0.15) is 4.31 Å². The zero-order valence-electron chi connectivity index (χ0n) is 12.1. The van der Waals surface area contributed by atoms with E-state index in [4.69, 9.17) is 0 Å². The molecule has 0 aromatic heterocycles. The minimum absolute atomic E-state index is 0.104. The van der Waals surface area contributed by atoms with E-state index in [1.807, 2.05) is 20.8 Å². The molecular formula is C15H21NO3S. The van der Waals surface area contributed by atoms with Gasteiger partial charge in [-0.25, -0.2) is 8.42 Å². The maximum absolute atomic E-state index is 12.6. The molecule has 0 amide bonds. The van der Waals surface area contributed by atoms with E-state index in [9.17, 15) is 13.2 Å². The SMILES string of the molecule is Cc1ccc(S(=O)(=O)N2C[C@H](C(C)C)[C@@H](C=O)C2)cc1. The third kappa shape index (κ3) is 2.79. The molecule has 0 saturated carbocycles. The highest BCUT2D eigenvalue weighted by Crippen LogP contribution is 2.32. The fraction of sp³-hybridized carbons (Fsp3) is 0.533. The molecule has 20 heavy (non-hydrogen) atoms. The normalized spacial score (nSPS) is 24.2. The first-order chi connectivity index (χ1) is 9.36. The van der Waals surface area contributed by atoms with E-state index < -0.39 is 10.0 Å². The molecule has 0 N–H and O–H groups in total. The third-order valence-electron chi connectivity index (χ3n) is 4.07. The first-order valence-corrected chi connectivity index (χ1v) is 8.32. The molecule has 1 aliphatic rings. The standard InChI is InChI=1S/C15H21NO3S/c1-11(2)15-9-16(8-13(15)10-17)20(18,19)14-6-4-12(3)5-7-14/h4-7,10-11,13,15H,8-9H2,1-3H3/t13-,15-/m1/s1. The van der Waals surface area contributed by atoms with Crippen molar-refractivity contribution < 1.29 is 13.2 Å². The van der Waals surface area contributed by atoms with Crippen LogP contribution in [0.2, 0.25) is 0 Å². The maximum atomic E-state index is 12.6. The molecule has 110 valence electrons. The van der Waals surface area contributed by atoms with Crippen LogP contribution in [-0.4, -0.2) is 32.1 Å². The van der Waals surface area contributed by atoms with Crippen LogP contribution in [0.3, 0.4) is 0 Å². The highest BCUT2D eigenvalue weighted by molar-refractivity contribution is 7.89. The van der Waals surface area contributed by atoms with Gasteiger partial charge in [0, 0.05) is 19.0 Å². The molecule has 0 spiro atoms. The van der Waals surface area contributed by atoms with E-state index in [-0.39, 0.29) is 11.8 Å². The molecular weight excluding hydrogens is 274 g/mol. The quantitative estimate of drug-likeness (QED) is 0.799. The smallest absolute Gasteiger partial charge is 0.243 e. The summed E-state index contributed by atoms with van der Waals surface area (Å²) in [7, 11) is -3.49. The topological polar surface area (TPSA) is 54.5 Å². The molecule has 0 unspecified atom stereocenters. The Morgan fingerprint density at radius 3 is 2.25 bits per heavy atom. The van der Waals surface area contributed by atoms with Crippen LogP contribution in [0.15, 0.2) is 29.2 Å². The summed E-state index contributed by atoms with van der Waals surface area (Å²) in [6.45, 7) is 6.70. The number of benzene rings is 1. The molecule has 1 aromatic rings. The summed E-state index contributed by atoms with van der Waals surface area (Å²) in [5.74, 6) is 0.200. The highest BCUT2D eigenvalue weighted by Gasteiger charge is 2.40. The molecule has 2 atom stereocenters. The van der Waals surface area contributed by atoms with Crippen molar-refractivity contribution >= 4 is 16.3 Å². The Morgan fingerprint density at radius 2 is 1.80 bits per heavy atom. The summed E-state index contributed by atoms with van der Waals surface area (Å²) in [5.41, 5.74) is 1.02. The van der Waals surface area contributed by atoms with Gasteiger partial charge in [0.05, 0.1) is 4.90 Å². The van der Waals surface area contributed by atoms with Crippen LogP contribution in [0.1, 0.15) is 19.4 Å². The first kappa shape index (κ1) is 15.2. The summed E-state index contributed by atoms with van der Waals surface area (Å²) < 4.78 is 26.6. The van der Waals surface area contributed by atoms with E-state index in [1.165, 1.54) is 4.31 Å². The lowest BCUT2D eigenvalue weighted by atomic mass is 9.87. The monoisotopic (exact) mass is 295 g/mol. The maximum Gasteiger partial charge on any atom is 0.243 e. The van der Waals surface area contributed by atoms with E-state index in [0.717, 1.165) is 11.8 Å². The number of hydrogen-bond acceptors (Lipinski definition) is 3. The van der Waals surface area contributed by atoms with Gasteiger partial charge >= 0.3 is 0 Å². The number of hydrogen-bond donors (Lipinski definition) is 0. The van der Waals surface area contributed by atoms with Crippen LogP contribution in [0.25, 0.3) is 0 Å². The lowest BCUT2D eigenvalue weighted by Crippen LogP contribution is -2.29. The number of carbonyl (C=O) groups is 1. The van der Waals surface area contributed by atoms with Crippen molar-refractivity contribution in [3.8, 4) is 0 Å². The average molecular weight is 295 g/mol. The van der Waals surface area contributed by atoms with Gasteiger partial charge in [0.1, 0.15) is 6.29 Å². The Labute approximate surface area is 120 Å².